The minimum atomic E-state index is 0.102. The highest BCUT2D eigenvalue weighted by Crippen LogP contribution is 1.82. The Bertz CT molecular complexity index is 127. The molecule has 66 valence electrons. The maximum atomic E-state index is 8.24. The van der Waals surface area contributed by atoms with Crippen LogP contribution in [0.3, 0.4) is 0 Å². The molecule has 0 amide bonds. The van der Waals surface area contributed by atoms with Crippen LogP contribution in [0.2, 0.25) is 0 Å². The van der Waals surface area contributed by atoms with Gasteiger partial charge in [0, 0.05) is 20.2 Å². The van der Waals surface area contributed by atoms with Crippen molar-refractivity contribution in [2.75, 3.05) is 26.8 Å². The van der Waals surface area contributed by atoms with Crippen molar-refractivity contribution in [1.29, 1.82) is 0 Å². The first-order valence-corrected chi connectivity index (χ1v) is 3.48. The molecule has 0 aliphatic rings. The zero-order valence-corrected chi connectivity index (χ0v) is 6.95. The van der Waals surface area contributed by atoms with Gasteiger partial charge in [-0.1, -0.05) is 5.16 Å². The molecule has 0 aliphatic carbocycles. The third-order valence-electron chi connectivity index (χ3n) is 1.27. The largest absolute Gasteiger partial charge is 0.408 e. The average molecular weight is 161 g/mol. The molecule has 0 unspecified atom stereocenters. The van der Waals surface area contributed by atoms with Crippen molar-refractivity contribution in [3.63, 3.8) is 0 Å². The molecule has 0 aromatic carbocycles. The van der Waals surface area contributed by atoms with Crippen LogP contribution in [0.15, 0.2) is 5.16 Å². The minimum Gasteiger partial charge on any atom is -0.408 e. The number of rotatable bonds is 4. The van der Waals surface area contributed by atoms with Crippen molar-refractivity contribution in [3.8, 4) is 0 Å². The highest BCUT2D eigenvalue weighted by molar-refractivity contribution is 5.76. The second kappa shape index (κ2) is 5.79. The Morgan fingerprint density at radius 2 is 2.36 bits per heavy atom. The lowest BCUT2D eigenvalue weighted by Crippen LogP contribution is -2.36. The van der Waals surface area contributed by atoms with Gasteiger partial charge in [-0.3, -0.25) is 0 Å². The van der Waals surface area contributed by atoms with E-state index in [1.807, 2.05) is 6.92 Å². The Morgan fingerprint density at radius 3 is 2.82 bits per heavy atom. The number of ether oxygens (including phenoxy) is 1. The lowest BCUT2D eigenvalue weighted by molar-refractivity contribution is 0.135. The molecule has 0 heterocycles. The highest BCUT2D eigenvalue weighted by Gasteiger charge is 1.99. The van der Waals surface area contributed by atoms with E-state index in [9.17, 15) is 0 Å². The van der Waals surface area contributed by atoms with Crippen LogP contribution < -0.4 is 5.73 Å². The van der Waals surface area contributed by atoms with Gasteiger partial charge < -0.3 is 20.6 Å². The molecule has 0 aromatic heterocycles. The maximum Gasteiger partial charge on any atom is 0.233 e. The fourth-order valence-electron chi connectivity index (χ4n) is 0.537. The van der Waals surface area contributed by atoms with E-state index in [1.165, 1.54) is 0 Å². The van der Waals surface area contributed by atoms with E-state index in [4.69, 9.17) is 15.7 Å². The molecule has 0 saturated carbocycles. The van der Waals surface area contributed by atoms with Crippen molar-refractivity contribution in [2.24, 2.45) is 10.9 Å². The Kier molecular flexibility index (Phi) is 5.28. The molecular formula is C6H15N3O2. The fourth-order valence-corrected chi connectivity index (χ4v) is 0.537. The first-order valence-electron chi connectivity index (χ1n) is 3.48. The van der Waals surface area contributed by atoms with Gasteiger partial charge in [-0.25, -0.2) is 0 Å². The van der Waals surface area contributed by atoms with Gasteiger partial charge in [0.1, 0.15) is 0 Å². The van der Waals surface area contributed by atoms with Gasteiger partial charge in [-0.2, -0.15) is 0 Å². The molecule has 0 aromatic rings. The van der Waals surface area contributed by atoms with Crippen LogP contribution in [0.1, 0.15) is 6.92 Å². The van der Waals surface area contributed by atoms with Crippen LogP contribution in [0.5, 0.6) is 0 Å². The van der Waals surface area contributed by atoms with Crippen molar-refractivity contribution >= 4 is 5.96 Å². The predicted molar refractivity (Wildman–Crippen MR) is 42.5 cm³/mol. The lowest BCUT2D eigenvalue weighted by Gasteiger charge is -2.15. The third-order valence-corrected chi connectivity index (χ3v) is 1.27. The molecule has 0 fully saturated rings. The Morgan fingerprint density at radius 1 is 1.73 bits per heavy atom. The standard InChI is InChI=1S/C6H15N3O2/c1-3-11-5-4-9(2)6(7)8-10/h10H,3-5H2,1-2H3,(H2,7,8). The Labute approximate surface area is 66.4 Å². The van der Waals surface area contributed by atoms with E-state index in [1.54, 1.807) is 11.9 Å². The van der Waals surface area contributed by atoms with Gasteiger partial charge in [0.25, 0.3) is 0 Å². The molecular weight excluding hydrogens is 146 g/mol. The molecule has 3 N–H and O–H groups in total. The molecule has 0 bridgehead atoms. The summed E-state index contributed by atoms with van der Waals surface area (Å²) in [5, 5.41) is 11.1. The van der Waals surface area contributed by atoms with Crippen LogP contribution in [-0.2, 0) is 4.74 Å². The molecule has 0 atom stereocenters. The number of likely N-dealkylation sites (N-methyl/N-ethyl adjacent to an activating group) is 1. The lowest BCUT2D eigenvalue weighted by atomic mass is 10.6. The van der Waals surface area contributed by atoms with E-state index in [-0.39, 0.29) is 5.96 Å². The molecule has 5 heteroatoms. The van der Waals surface area contributed by atoms with Gasteiger partial charge in [0.05, 0.1) is 6.61 Å². The molecule has 0 radical (unpaired) electrons. The Hall–Kier alpha value is -0.970. The van der Waals surface area contributed by atoms with E-state index in [2.05, 4.69) is 5.16 Å². The summed E-state index contributed by atoms with van der Waals surface area (Å²) >= 11 is 0. The second-order valence-electron chi connectivity index (χ2n) is 2.08. The average Bonchev–Trinajstić information content (AvgIpc) is 2.03. The van der Waals surface area contributed by atoms with E-state index >= 15 is 0 Å². The number of hydrogen-bond donors (Lipinski definition) is 2. The number of guanidine groups is 1. The van der Waals surface area contributed by atoms with Crippen LogP contribution in [0, 0.1) is 0 Å². The summed E-state index contributed by atoms with van der Waals surface area (Å²) in [5.74, 6) is 0.102. The van der Waals surface area contributed by atoms with Crippen molar-refractivity contribution in [3.05, 3.63) is 0 Å². The first kappa shape index (κ1) is 10.0. The smallest absolute Gasteiger partial charge is 0.233 e. The van der Waals surface area contributed by atoms with E-state index in [0.29, 0.717) is 19.8 Å². The van der Waals surface area contributed by atoms with Crippen LogP contribution in [-0.4, -0.2) is 42.9 Å². The van der Waals surface area contributed by atoms with Crippen molar-refractivity contribution < 1.29 is 9.94 Å². The van der Waals surface area contributed by atoms with Gasteiger partial charge in [0.15, 0.2) is 0 Å². The van der Waals surface area contributed by atoms with Crippen LogP contribution in [0.25, 0.3) is 0 Å². The topological polar surface area (TPSA) is 71.1 Å². The normalized spacial score (nSPS) is 11.6. The van der Waals surface area contributed by atoms with Crippen LogP contribution in [0.4, 0.5) is 0 Å². The monoisotopic (exact) mass is 161 g/mol. The highest BCUT2D eigenvalue weighted by atomic mass is 16.5. The number of nitrogens with two attached hydrogens (primary N) is 1. The first-order chi connectivity index (χ1) is 5.22. The zero-order chi connectivity index (χ0) is 8.69. The van der Waals surface area contributed by atoms with Gasteiger partial charge >= 0.3 is 0 Å². The maximum absolute atomic E-state index is 8.24. The molecule has 0 saturated heterocycles. The molecule has 0 aliphatic heterocycles. The van der Waals surface area contributed by atoms with Crippen LogP contribution >= 0.6 is 0 Å². The molecule has 0 spiro atoms. The minimum absolute atomic E-state index is 0.102. The summed E-state index contributed by atoms with van der Waals surface area (Å²) in [6.45, 7) is 3.82. The molecule has 0 rings (SSSR count). The van der Waals surface area contributed by atoms with E-state index < -0.39 is 0 Å². The zero-order valence-electron chi connectivity index (χ0n) is 6.95. The molecule has 11 heavy (non-hydrogen) atoms. The number of hydrogen-bond acceptors (Lipinski definition) is 3. The van der Waals surface area contributed by atoms with Crippen molar-refractivity contribution in [1.82, 2.24) is 4.90 Å². The van der Waals surface area contributed by atoms with Gasteiger partial charge in [-0.15, -0.1) is 0 Å². The SMILES string of the molecule is CCOCCN(C)C(N)=NO. The van der Waals surface area contributed by atoms with Gasteiger partial charge in [0.2, 0.25) is 5.96 Å². The van der Waals surface area contributed by atoms with Crippen molar-refractivity contribution in [2.45, 2.75) is 6.92 Å². The quantitative estimate of drug-likeness (QED) is 0.194. The third kappa shape index (κ3) is 4.44. The summed E-state index contributed by atoms with van der Waals surface area (Å²) < 4.78 is 5.06. The summed E-state index contributed by atoms with van der Waals surface area (Å²) in [7, 11) is 1.73. The van der Waals surface area contributed by atoms with E-state index in [0.717, 1.165) is 0 Å². The summed E-state index contributed by atoms with van der Waals surface area (Å²) in [4.78, 5) is 1.61. The second-order valence-corrected chi connectivity index (χ2v) is 2.08. The number of nitrogens with zero attached hydrogens (tertiary/aromatic N) is 2. The molecule has 5 nitrogen and oxygen atoms in total. The number of oxime groups is 1. The van der Waals surface area contributed by atoms with Gasteiger partial charge in [-0.05, 0) is 6.92 Å². The summed E-state index contributed by atoms with van der Waals surface area (Å²) in [5.41, 5.74) is 5.27. The Balaban J connectivity index is 3.44. The summed E-state index contributed by atoms with van der Waals surface area (Å²) in [6, 6.07) is 0. The summed E-state index contributed by atoms with van der Waals surface area (Å²) in [6.07, 6.45) is 0. The predicted octanol–water partition coefficient (Wildman–Crippen LogP) is -0.341. The fraction of sp³-hybridized carbons (Fsp3) is 0.833.